The first-order valence-corrected chi connectivity index (χ1v) is 40.0. The van der Waals surface area contributed by atoms with Gasteiger partial charge in [0.1, 0.15) is 0 Å². The van der Waals surface area contributed by atoms with E-state index in [9.17, 15) is 0 Å². The molecule has 0 nitrogen and oxygen atoms in total. The lowest BCUT2D eigenvalue weighted by atomic mass is 10.4. The van der Waals surface area contributed by atoms with Crippen LogP contribution >= 0.6 is 0 Å². The van der Waals surface area contributed by atoms with Gasteiger partial charge in [0.2, 0.25) is 0 Å². The van der Waals surface area contributed by atoms with Gasteiger partial charge >= 0.3 is 0 Å². The van der Waals surface area contributed by atoms with E-state index < -0.39 is 0 Å². The summed E-state index contributed by atoms with van der Waals surface area (Å²) in [6.45, 7) is 121. The summed E-state index contributed by atoms with van der Waals surface area (Å²) in [4.78, 5) is 0. The quantitative estimate of drug-likeness (QED) is 0.238. The third-order valence-electron chi connectivity index (χ3n) is 3.50. The second kappa shape index (κ2) is 1660. The largest absolute Gasteiger partial charge is 0.0776 e. The van der Waals surface area contributed by atoms with Crippen LogP contribution in [0.4, 0.5) is 0 Å². The molecule has 0 spiro atoms. The van der Waals surface area contributed by atoms with Crippen molar-refractivity contribution in [2.75, 3.05) is 0 Å². The summed E-state index contributed by atoms with van der Waals surface area (Å²) < 4.78 is 0. The fourth-order valence-electron chi connectivity index (χ4n) is 0. The Kier molecular flexibility index (Phi) is 5940. The first-order chi connectivity index (χ1) is 40.0. The van der Waals surface area contributed by atoms with E-state index in [2.05, 4.69) is 249 Å². The van der Waals surface area contributed by atoms with E-state index in [1.54, 1.807) is 0 Å². The summed E-state index contributed by atoms with van der Waals surface area (Å²) in [6, 6.07) is 0. The summed E-state index contributed by atoms with van der Waals surface area (Å²) in [5.74, 6) is 0. The van der Waals surface area contributed by atoms with Gasteiger partial charge in [0, 0.05) is 0 Å². The maximum Gasteiger partial charge on any atom is -0.0564 e. The van der Waals surface area contributed by atoms with Crippen molar-refractivity contribution >= 4 is 0 Å². The van der Waals surface area contributed by atoms with Gasteiger partial charge in [-0.15, -0.1) is 0 Å². The van der Waals surface area contributed by atoms with Gasteiger partial charge in [-0.1, -0.05) is 711 Å². The number of hydrogen-bond acceptors (Lipinski definition) is 0. The van der Waals surface area contributed by atoms with Crippen molar-refractivity contribution < 1.29 is 0 Å². The third kappa shape index (κ3) is 20800. The van der Waals surface area contributed by atoms with Crippen molar-refractivity contribution in [2.24, 2.45) is 0 Å². The van der Waals surface area contributed by atoms with Crippen LogP contribution in [0.1, 0.15) is 711 Å². The van der Waals surface area contributed by atoms with Crippen molar-refractivity contribution in [3.05, 3.63) is 0 Å². The molecule has 0 atom stereocenters. The van der Waals surface area contributed by atoms with E-state index in [0.29, 0.717) is 0 Å². The predicted octanol–water partition coefficient (Wildman–Crippen LogP) is 52.2. The molecule has 0 aliphatic rings. The summed E-state index contributed by atoms with van der Waals surface area (Å²) >= 11 is 0. The Morgan fingerprint density at radius 2 is 0.0777 bits per heavy atom. The fourth-order valence-corrected chi connectivity index (χ4v) is 0. The molecule has 0 fully saturated rings. The van der Waals surface area contributed by atoms with Gasteiger partial charge in [-0.05, 0) is 0 Å². The minimum Gasteiger partial charge on any atom is -0.0776 e. The highest BCUT2D eigenvalue weighted by molar-refractivity contribution is 4.15. The molecule has 0 saturated heterocycles. The van der Waals surface area contributed by atoms with Crippen LogP contribution in [-0.4, -0.2) is 0 Å². The lowest BCUT2D eigenvalue weighted by molar-refractivity contribution is 0.886. The Labute approximate surface area is 706 Å². The van der Waals surface area contributed by atoms with Crippen molar-refractivity contribution in [3.8, 4) is 0 Å². The maximum absolute atomic E-state index is 2.18. The highest BCUT2D eigenvalue weighted by Gasteiger charge is 1.59. The highest BCUT2D eigenvalue weighted by atomic mass is 13.7. The molecule has 0 bridgehead atoms. The molecule has 716 valence electrons. The second-order valence-corrected chi connectivity index (χ2v) is 14.8. The highest BCUT2D eigenvalue weighted by Crippen LogP contribution is 1.79. The molecule has 0 aromatic carbocycles. The Balaban J connectivity index is -0.00000000622. The van der Waals surface area contributed by atoms with Gasteiger partial charge < -0.3 is 0 Å². The smallest absolute Gasteiger partial charge is 0.0564 e. The normalized spacial score (nSPS) is 4.60. The van der Waals surface area contributed by atoms with Crippen molar-refractivity contribution in [3.63, 3.8) is 0 Å². The van der Waals surface area contributed by atoms with Crippen molar-refractivity contribution in [2.45, 2.75) is 711 Å². The zero-order valence-corrected chi connectivity index (χ0v) is 75.7. The van der Waals surface area contributed by atoms with E-state index in [4.69, 9.17) is 0 Å². The molecule has 0 amide bonds. The molecule has 0 N–H and O–H groups in total. The topological polar surface area (TPSA) is 0 Å². The molecule has 103 heavy (non-hydrogen) atoms. The molecule has 0 aliphatic heterocycles. The SMILES string of the molecule is C.C.C.C.C.C.C.C.C.C.C.C.C.C.C.C.C.C.C.C.CC.CC.CC.CC.CC.CC.CC.CC.CC.CC.CC.CCC.CCC.CCC.CCC.CCC.CCC.CCC.CCC.CCC.CCC.CCC.CCCC.CCCC.CCCC.CCCC.CCCC.CCCC.CCCC. The number of unbranched alkanes of at least 4 members (excludes halogenated alkanes) is 7. The van der Waals surface area contributed by atoms with Crippen LogP contribution in [0.3, 0.4) is 0 Å². The summed E-state index contributed by atoms with van der Waals surface area (Å²) in [7, 11) is 0. The predicted molar refractivity (Wildman–Crippen MR) is 579 cm³/mol. The standard InChI is InChI=1S/7C4H10.11C3H8.11C2H6.20CH4/c7*1-3-4-2;11*1-3-2;11*1-2;;;;;;;;;;;;;;;;;;;;/h7*3-4H2,1-2H3;11*3H2,1-2H3;11*1-2H3;20*1H4. The Morgan fingerprint density at radius 3 is 0.0777 bits per heavy atom. The molecule has 0 heterocycles. The van der Waals surface area contributed by atoms with Crippen LogP contribution in [0, 0.1) is 0 Å². The van der Waals surface area contributed by atoms with Crippen LogP contribution in [0.5, 0.6) is 0 Å². The minimum atomic E-state index is 0. The molecule has 0 aliphatic carbocycles. The molecule has 0 saturated carbocycles. The van der Waals surface area contributed by atoms with Gasteiger partial charge in [0.05, 0.1) is 0 Å². The summed E-state index contributed by atoms with van der Waals surface area (Å²) in [5.41, 5.74) is 0. The van der Waals surface area contributed by atoms with Crippen molar-refractivity contribution in [1.29, 1.82) is 0 Å². The third-order valence-corrected chi connectivity index (χ3v) is 3.50. The summed E-state index contributed by atoms with van der Waals surface area (Å²) in [5, 5.41) is 0. The second-order valence-electron chi connectivity index (χ2n) is 14.8. The molecular formula is C103H304. The Morgan fingerprint density at radius 1 is 0.0680 bits per heavy atom. The first kappa shape index (κ1) is 367. The van der Waals surface area contributed by atoms with Gasteiger partial charge in [0.15, 0.2) is 0 Å². The van der Waals surface area contributed by atoms with E-state index in [1.165, 1.54) is 161 Å². The number of rotatable bonds is 7. The van der Waals surface area contributed by atoms with E-state index >= 15 is 0 Å². The van der Waals surface area contributed by atoms with Crippen LogP contribution in [0.15, 0.2) is 0 Å². The summed E-state index contributed by atoms with van der Waals surface area (Å²) in [6.07, 6.45) is 32.2. The van der Waals surface area contributed by atoms with E-state index in [0.717, 1.165) is 0 Å². The monoisotopic (exact) mass is 1540 g/mol. The molecule has 0 radical (unpaired) electrons. The maximum atomic E-state index is 2.18. The van der Waals surface area contributed by atoms with Crippen LogP contribution in [0.2, 0.25) is 0 Å². The molecule has 0 unspecified atom stereocenters. The average Bonchev–Trinajstić information content (AvgIpc) is 3.55. The van der Waals surface area contributed by atoms with Gasteiger partial charge in [-0.25, -0.2) is 0 Å². The Bertz CT molecular complexity index is 141. The lowest BCUT2D eigenvalue weighted by Gasteiger charge is -1.68. The first-order valence-electron chi connectivity index (χ1n) is 40.0. The van der Waals surface area contributed by atoms with Crippen LogP contribution < -0.4 is 0 Å². The van der Waals surface area contributed by atoms with Crippen LogP contribution in [0.25, 0.3) is 0 Å². The van der Waals surface area contributed by atoms with E-state index in [-0.39, 0.29) is 149 Å². The molecule has 0 heteroatoms. The molecule has 0 aromatic rings. The lowest BCUT2D eigenvalue weighted by Crippen LogP contribution is -1.47. The van der Waals surface area contributed by atoms with Gasteiger partial charge in [0.25, 0.3) is 0 Å². The van der Waals surface area contributed by atoms with Crippen LogP contribution in [-0.2, 0) is 0 Å². The molecule has 0 aromatic heterocycles. The minimum absolute atomic E-state index is 0. The average molecular weight is 1540 g/mol. The zero-order valence-electron chi connectivity index (χ0n) is 75.7. The van der Waals surface area contributed by atoms with Crippen molar-refractivity contribution in [1.82, 2.24) is 0 Å². The molecular weight excluding hydrogens is 1240 g/mol. The van der Waals surface area contributed by atoms with Gasteiger partial charge in [-0.3, -0.25) is 0 Å². The molecule has 0 rings (SSSR count). The van der Waals surface area contributed by atoms with E-state index in [1.807, 2.05) is 152 Å². The van der Waals surface area contributed by atoms with Gasteiger partial charge in [-0.2, -0.15) is 0 Å². The Hall–Kier alpha value is 0. The zero-order chi connectivity index (χ0) is 75.7. The fraction of sp³-hybridized carbons (Fsp3) is 1.00. The number of hydrogen-bond donors (Lipinski definition) is 0.